The number of piperidine rings is 1. The monoisotopic (exact) mass is 366 g/mol. The van der Waals surface area contributed by atoms with Crippen molar-refractivity contribution in [2.24, 2.45) is 5.92 Å². The third kappa shape index (κ3) is 4.04. The number of fused-ring (bicyclic) bond motifs is 1. The first-order valence-electron chi connectivity index (χ1n) is 9.82. The van der Waals surface area contributed by atoms with Gasteiger partial charge < -0.3 is 9.80 Å². The molecule has 1 aromatic carbocycles. The van der Waals surface area contributed by atoms with E-state index in [0.717, 1.165) is 43.6 Å². The van der Waals surface area contributed by atoms with Crippen molar-refractivity contribution in [1.82, 2.24) is 20.0 Å². The highest BCUT2D eigenvalue weighted by atomic mass is 16.2. The van der Waals surface area contributed by atoms with E-state index in [9.17, 15) is 9.59 Å². The Morgan fingerprint density at radius 2 is 2.07 bits per heavy atom. The Morgan fingerprint density at radius 1 is 1.22 bits per heavy atom. The number of aromatic nitrogens is 2. The molecule has 2 amide bonds. The van der Waals surface area contributed by atoms with Gasteiger partial charge in [0, 0.05) is 50.3 Å². The molecular weight excluding hydrogens is 340 g/mol. The van der Waals surface area contributed by atoms with Crippen LogP contribution in [0.4, 0.5) is 0 Å². The SMILES string of the molecule is O=C1CC[C@H](C(=O)N2CCc3[nH]ncc3C2)CN1CCCc1ccccc1. The van der Waals surface area contributed by atoms with Gasteiger partial charge in [0.2, 0.25) is 11.8 Å². The van der Waals surface area contributed by atoms with E-state index in [1.807, 2.05) is 34.2 Å². The fourth-order valence-electron chi connectivity index (χ4n) is 4.12. The molecule has 0 radical (unpaired) electrons. The summed E-state index contributed by atoms with van der Waals surface area (Å²) in [4.78, 5) is 29.1. The van der Waals surface area contributed by atoms with Crippen LogP contribution in [-0.4, -0.2) is 51.4 Å². The van der Waals surface area contributed by atoms with E-state index in [1.54, 1.807) is 0 Å². The van der Waals surface area contributed by atoms with Crippen LogP contribution in [0.25, 0.3) is 0 Å². The summed E-state index contributed by atoms with van der Waals surface area (Å²) >= 11 is 0. The molecule has 2 aliphatic heterocycles. The normalized spacial score (nSPS) is 19.9. The standard InChI is InChI=1S/C21H26N4O2/c26-20-9-8-17(14-24(20)11-4-7-16-5-2-1-3-6-16)21(27)25-12-10-19-18(15-25)13-22-23-19/h1-3,5-6,13,17H,4,7-12,14-15H2,(H,22,23)/t17-/m0/s1. The number of aromatic amines is 1. The molecule has 2 aliphatic rings. The van der Waals surface area contributed by atoms with Gasteiger partial charge in [-0.1, -0.05) is 30.3 Å². The van der Waals surface area contributed by atoms with Crippen molar-refractivity contribution in [3.8, 4) is 0 Å². The molecule has 1 fully saturated rings. The lowest BCUT2D eigenvalue weighted by Crippen LogP contribution is -2.48. The maximum atomic E-state index is 13.0. The second kappa shape index (κ2) is 7.94. The van der Waals surface area contributed by atoms with Crippen LogP contribution in [0.5, 0.6) is 0 Å². The summed E-state index contributed by atoms with van der Waals surface area (Å²) in [5.41, 5.74) is 3.54. The van der Waals surface area contributed by atoms with Crippen LogP contribution in [0, 0.1) is 5.92 Å². The smallest absolute Gasteiger partial charge is 0.227 e. The van der Waals surface area contributed by atoms with Gasteiger partial charge in [-0.25, -0.2) is 0 Å². The largest absolute Gasteiger partial charge is 0.342 e. The molecule has 1 saturated heterocycles. The average molecular weight is 366 g/mol. The summed E-state index contributed by atoms with van der Waals surface area (Å²) in [5.74, 6) is 0.290. The molecule has 6 nitrogen and oxygen atoms in total. The predicted octanol–water partition coefficient (Wildman–Crippen LogP) is 2.17. The van der Waals surface area contributed by atoms with Gasteiger partial charge in [0.05, 0.1) is 12.1 Å². The van der Waals surface area contributed by atoms with Gasteiger partial charge in [-0.05, 0) is 24.8 Å². The van der Waals surface area contributed by atoms with Crippen LogP contribution >= 0.6 is 0 Å². The van der Waals surface area contributed by atoms with Crippen LogP contribution in [0.3, 0.4) is 0 Å². The lowest BCUT2D eigenvalue weighted by Gasteiger charge is -2.36. The minimum absolute atomic E-state index is 0.0760. The molecule has 1 aromatic heterocycles. The predicted molar refractivity (Wildman–Crippen MR) is 102 cm³/mol. The molecular formula is C21H26N4O2. The number of hydrogen-bond donors (Lipinski definition) is 1. The highest BCUT2D eigenvalue weighted by molar-refractivity contribution is 5.84. The number of aryl methyl sites for hydroxylation is 1. The third-order valence-corrected chi connectivity index (χ3v) is 5.70. The van der Waals surface area contributed by atoms with Crippen molar-refractivity contribution >= 4 is 11.8 Å². The van der Waals surface area contributed by atoms with Crippen LogP contribution in [0.1, 0.15) is 36.1 Å². The molecule has 0 spiro atoms. The maximum Gasteiger partial charge on any atom is 0.227 e. The first kappa shape index (κ1) is 17.8. The average Bonchev–Trinajstić information content (AvgIpc) is 3.17. The zero-order chi connectivity index (χ0) is 18.6. The second-order valence-electron chi connectivity index (χ2n) is 7.55. The van der Waals surface area contributed by atoms with Crippen LogP contribution in [-0.2, 0) is 29.0 Å². The molecule has 3 heterocycles. The number of amides is 2. The van der Waals surface area contributed by atoms with Gasteiger partial charge in [-0.15, -0.1) is 0 Å². The summed E-state index contributed by atoms with van der Waals surface area (Å²) in [6, 6.07) is 10.3. The number of nitrogens with zero attached hydrogens (tertiary/aromatic N) is 3. The van der Waals surface area contributed by atoms with Gasteiger partial charge in [-0.2, -0.15) is 5.10 Å². The number of carbonyl (C=O) groups excluding carboxylic acids is 2. The van der Waals surface area contributed by atoms with Gasteiger partial charge >= 0.3 is 0 Å². The Hall–Kier alpha value is -2.63. The number of H-pyrrole nitrogens is 1. The van der Waals surface area contributed by atoms with Crippen LogP contribution < -0.4 is 0 Å². The molecule has 0 saturated carbocycles. The summed E-state index contributed by atoms with van der Waals surface area (Å²) < 4.78 is 0. The molecule has 27 heavy (non-hydrogen) atoms. The van der Waals surface area contributed by atoms with E-state index in [2.05, 4.69) is 22.3 Å². The Balaban J connectivity index is 1.31. The van der Waals surface area contributed by atoms with Crippen LogP contribution in [0.2, 0.25) is 0 Å². The summed E-state index contributed by atoms with van der Waals surface area (Å²) in [6.07, 6.45) is 5.67. The van der Waals surface area contributed by atoms with E-state index < -0.39 is 0 Å². The van der Waals surface area contributed by atoms with Crippen LogP contribution in [0.15, 0.2) is 36.5 Å². The minimum atomic E-state index is -0.0760. The van der Waals surface area contributed by atoms with Crippen molar-refractivity contribution < 1.29 is 9.59 Å². The third-order valence-electron chi connectivity index (χ3n) is 5.70. The molecule has 142 valence electrons. The van der Waals surface area contributed by atoms with Crippen molar-refractivity contribution in [2.45, 2.75) is 38.6 Å². The van der Waals surface area contributed by atoms with Gasteiger partial charge in [-0.3, -0.25) is 14.7 Å². The quantitative estimate of drug-likeness (QED) is 0.882. The zero-order valence-corrected chi connectivity index (χ0v) is 15.6. The molecule has 6 heteroatoms. The maximum absolute atomic E-state index is 13.0. The zero-order valence-electron chi connectivity index (χ0n) is 15.6. The number of likely N-dealkylation sites (tertiary alicyclic amines) is 1. The van der Waals surface area contributed by atoms with E-state index in [4.69, 9.17) is 0 Å². The Labute approximate surface area is 159 Å². The number of nitrogens with one attached hydrogen (secondary N) is 1. The Bertz CT molecular complexity index is 802. The number of benzene rings is 1. The number of carbonyl (C=O) groups is 2. The highest BCUT2D eigenvalue weighted by Crippen LogP contribution is 2.24. The van der Waals surface area contributed by atoms with Crippen molar-refractivity contribution in [2.75, 3.05) is 19.6 Å². The van der Waals surface area contributed by atoms with Gasteiger partial charge in [0.1, 0.15) is 0 Å². The number of rotatable bonds is 5. The van der Waals surface area contributed by atoms with Gasteiger partial charge in [0.15, 0.2) is 0 Å². The van der Waals surface area contributed by atoms with Gasteiger partial charge in [0.25, 0.3) is 0 Å². The molecule has 1 N–H and O–H groups in total. The second-order valence-corrected chi connectivity index (χ2v) is 7.55. The molecule has 0 aliphatic carbocycles. The first-order chi connectivity index (χ1) is 13.2. The van der Waals surface area contributed by atoms with E-state index in [0.29, 0.717) is 25.9 Å². The minimum Gasteiger partial charge on any atom is -0.342 e. The van der Waals surface area contributed by atoms with Crippen molar-refractivity contribution in [3.05, 3.63) is 53.3 Å². The highest BCUT2D eigenvalue weighted by Gasteiger charge is 2.33. The summed E-state index contributed by atoms with van der Waals surface area (Å²) in [6.45, 7) is 2.64. The molecule has 2 aromatic rings. The van der Waals surface area contributed by atoms with Crippen molar-refractivity contribution in [1.29, 1.82) is 0 Å². The Morgan fingerprint density at radius 3 is 2.93 bits per heavy atom. The van der Waals surface area contributed by atoms with E-state index >= 15 is 0 Å². The molecule has 0 unspecified atom stereocenters. The molecule has 4 rings (SSSR count). The molecule has 1 atom stereocenters. The lowest BCUT2D eigenvalue weighted by atomic mass is 9.94. The Kier molecular flexibility index (Phi) is 5.23. The fraction of sp³-hybridized carbons (Fsp3) is 0.476. The topological polar surface area (TPSA) is 69.3 Å². The lowest BCUT2D eigenvalue weighted by molar-refractivity contribution is -0.143. The van der Waals surface area contributed by atoms with E-state index in [1.165, 1.54) is 5.56 Å². The summed E-state index contributed by atoms with van der Waals surface area (Å²) in [5, 5.41) is 7.08. The first-order valence-corrected chi connectivity index (χ1v) is 9.82. The summed E-state index contributed by atoms with van der Waals surface area (Å²) in [7, 11) is 0. The van der Waals surface area contributed by atoms with E-state index in [-0.39, 0.29) is 17.7 Å². The molecule has 0 bridgehead atoms. The van der Waals surface area contributed by atoms with Crippen molar-refractivity contribution in [3.63, 3.8) is 0 Å². The number of hydrogen-bond acceptors (Lipinski definition) is 3. The fourth-order valence-corrected chi connectivity index (χ4v) is 4.12.